The van der Waals surface area contributed by atoms with E-state index < -0.39 is 0 Å². The fourth-order valence-corrected chi connectivity index (χ4v) is 1.01. The molecule has 0 aromatic carbocycles. The van der Waals surface area contributed by atoms with Gasteiger partial charge in [0.2, 0.25) is 0 Å². The highest BCUT2D eigenvalue weighted by molar-refractivity contribution is 5.79. The van der Waals surface area contributed by atoms with Gasteiger partial charge in [-0.15, -0.1) is 0 Å². The van der Waals surface area contributed by atoms with Crippen molar-refractivity contribution in [3.63, 3.8) is 0 Å². The number of nitrogens with one attached hydrogen (secondary N) is 1. The van der Waals surface area contributed by atoms with E-state index in [-0.39, 0.29) is 17.4 Å². The SMILES string of the molecule is CCCC(C)(C)NOC(C)C(C)=O. The van der Waals surface area contributed by atoms with Crippen molar-refractivity contribution in [2.45, 2.75) is 59.1 Å². The summed E-state index contributed by atoms with van der Waals surface area (Å²) in [5.74, 6) is 0.0415. The first kappa shape index (κ1) is 12.6. The first-order chi connectivity index (χ1) is 5.89. The van der Waals surface area contributed by atoms with E-state index in [2.05, 4.69) is 26.3 Å². The van der Waals surface area contributed by atoms with E-state index in [1.807, 2.05) is 0 Å². The van der Waals surface area contributed by atoms with Gasteiger partial charge in [-0.1, -0.05) is 13.3 Å². The summed E-state index contributed by atoms with van der Waals surface area (Å²) in [5, 5.41) is 0. The van der Waals surface area contributed by atoms with Crippen molar-refractivity contribution >= 4 is 5.78 Å². The summed E-state index contributed by atoms with van der Waals surface area (Å²) in [6, 6.07) is 0. The average Bonchev–Trinajstić information content (AvgIpc) is 2.00. The van der Waals surface area contributed by atoms with Crippen molar-refractivity contribution in [1.29, 1.82) is 0 Å². The lowest BCUT2D eigenvalue weighted by Crippen LogP contribution is -2.42. The molecule has 0 amide bonds. The Balaban J connectivity index is 3.80. The monoisotopic (exact) mass is 187 g/mol. The van der Waals surface area contributed by atoms with Crippen LogP contribution in [0.1, 0.15) is 47.5 Å². The first-order valence-electron chi connectivity index (χ1n) is 4.82. The molecule has 0 spiro atoms. The van der Waals surface area contributed by atoms with E-state index in [0.717, 1.165) is 12.8 Å². The Labute approximate surface area is 80.8 Å². The van der Waals surface area contributed by atoms with Crippen LogP contribution in [0.15, 0.2) is 0 Å². The van der Waals surface area contributed by atoms with E-state index in [9.17, 15) is 4.79 Å². The van der Waals surface area contributed by atoms with Gasteiger partial charge in [-0.2, -0.15) is 5.48 Å². The standard InChI is InChI=1S/C10H21NO2/c1-6-7-10(4,5)11-13-9(3)8(2)12/h9,11H,6-7H2,1-5H3. The lowest BCUT2D eigenvalue weighted by atomic mass is 10.0. The van der Waals surface area contributed by atoms with Gasteiger partial charge in [-0.25, -0.2) is 0 Å². The third kappa shape index (κ3) is 5.77. The predicted molar refractivity (Wildman–Crippen MR) is 53.4 cm³/mol. The Morgan fingerprint density at radius 3 is 2.46 bits per heavy atom. The van der Waals surface area contributed by atoms with E-state index in [1.165, 1.54) is 6.92 Å². The normalized spacial score (nSPS) is 14.2. The zero-order valence-electron chi connectivity index (χ0n) is 9.31. The molecule has 3 heteroatoms. The Kier molecular flexibility index (Phi) is 5.18. The fraction of sp³-hybridized carbons (Fsp3) is 0.900. The summed E-state index contributed by atoms with van der Waals surface area (Å²) in [4.78, 5) is 16.1. The van der Waals surface area contributed by atoms with Crippen LogP contribution in [0.5, 0.6) is 0 Å². The van der Waals surface area contributed by atoms with Crippen molar-refractivity contribution in [1.82, 2.24) is 5.48 Å². The number of rotatable bonds is 6. The fourth-order valence-electron chi connectivity index (χ4n) is 1.01. The van der Waals surface area contributed by atoms with Crippen molar-refractivity contribution < 1.29 is 9.63 Å². The molecule has 0 aliphatic rings. The molecular weight excluding hydrogens is 166 g/mol. The minimum absolute atomic E-state index is 0.0415. The van der Waals surface area contributed by atoms with Crippen LogP contribution in [0, 0.1) is 0 Å². The summed E-state index contributed by atoms with van der Waals surface area (Å²) in [7, 11) is 0. The molecule has 0 fully saturated rings. The number of hydroxylamine groups is 1. The number of ketones is 1. The van der Waals surface area contributed by atoms with Gasteiger partial charge in [0.25, 0.3) is 0 Å². The zero-order valence-corrected chi connectivity index (χ0v) is 9.31. The highest BCUT2D eigenvalue weighted by Gasteiger charge is 2.18. The van der Waals surface area contributed by atoms with Crippen LogP contribution in [-0.2, 0) is 9.63 Å². The molecule has 1 N–H and O–H groups in total. The van der Waals surface area contributed by atoms with E-state index >= 15 is 0 Å². The molecule has 0 radical (unpaired) electrons. The van der Waals surface area contributed by atoms with Crippen molar-refractivity contribution in [3.05, 3.63) is 0 Å². The molecule has 1 atom stereocenters. The van der Waals surface area contributed by atoms with Gasteiger partial charge in [0.05, 0.1) is 0 Å². The maximum Gasteiger partial charge on any atom is 0.160 e. The van der Waals surface area contributed by atoms with Gasteiger partial charge >= 0.3 is 0 Å². The third-order valence-corrected chi connectivity index (χ3v) is 1.96. The average molecular weight is 187 g/mol. The molecule has 78 valence electrons. The van der Waals surface area contributed by atoms with E-state index in [4.69, 9.17) is 4.84 Å². The predicted octanol–water partition coefficient (Wildman–Crippen LogP) is 2.06. The summed E-state index contributed by atoms with van der Waals surface area (Å²) in [6.45, 7) is 9.51. The Morgan fingerprint density at radius 1 is 1.54 bits per heavy atom. The van der Waals surface area contributed by atoms with Crippen LogP contribution < -0.4 is 5.48 Å². The number of carbonyl (C=O) groups excluding carboxylic acids is 1. The molecule has 0 aromatic rings. The maximum absolute atomic E-state index is 10.9. The topological polar surface area (TPSA) is 38.3 Å². The van der Waals surface area contributed by atoms with Crippen LogP contribution in [0.3, 0.4) is 0 Å². The van der Waals surface area contributed by atoms with Gasteiger partial charge in [-0.05, 0) is 34.1 Å². The van der Waals surface area contributed by atoms with Gasteiger partial charge in [0, 0.05) is 5.54 Å². The minimum Gasteiger partial charge on any atom is -0.297 e. The number of hydrogen-bond donors (Lipinski definition) is 1. The summed E-state index contributed by atoms with van der Waals surface area (Å²) in [5.41, 5.74) is 2.86. The van der Waals surface area contributed by atoms with Crippen LogP contribution in [-0.4, -0.2) is 17.4 Å². The second-order valence-corrected chi connectivity index (χ2v) is 4.11. The molecular formula is C10H21NO2. The maximum atomic E-state index is 10.9. The molecule has 0 saturated carbocycles. The highest BCUT2D eigenvalue weighted by atomic mass is 16.7. The molecule has 0 saturated heterocycles. The lowest BCUT2D eigenvalue weighted by molar-refractivity contribution is -0.136. The van der Waals surface area contributed by atoms with Gasteiger partial charge < -0.3 is 0 Å². The molecule has 0 bridgehead atoms. The number of Topliss-reactive ketones (excluding diaryl/α,β-unsaturated/α-hetero) is 1. The molecule has 0 rings (SSSR count). The molecule has 0 aliphatic carbocycles. The third-order valence-electron chi connectivity index (χ3n) is 1.96. The van der Waals surface area contributed by atoms with Gasteiger partial charge in [0.1, 0.15) is 6.10 Å². The molecule has 3 nitrogen and oxygen atoms in total. The molecule has 13 heavy (non-hydrogen) atoms. The first-order valence-corrected chi connectivity index (χ1v) is 4.82. The Bertz CT molecular complexity index is 166. The van der Waals surface area contributed by atoms with E-state index in [0.29, 0.717) is 0 Å². The Morgan fingerprint density at radius 2 is 2.08 bits per heavy atom. The van der Waals surface area contributed by atoms with Crippen molar-refractivity contribution in [2.24, 2.45) is 0 Å². The summed E-state index contributed by atoms with van der Waals surface area (Å²) >= 11 is 0. The van der Waals surface area contributed by atoms with Gasteiger partial charge in [0.15, 0.2) is 5.78 Å². The van der Waals surface area contributed by atoms with Crippen molar-refractivity contribution in [2.75, 3.05) is 0 Å². The van der Waals surface area contributed by atoms with Crippen LogP contribution in [0.2, 0.25) is 0 Å². The molecule has 0 aromatic heterocycles. The lowest BCUT2D eigenvalue weighted by Gasteiger charge is -2.26. The molecule has 0 aliphatic heterocycles. The van der Waals surface area contributed by atoms with Crippen LogP contribution >= 0.6 is 0 Å². The zero-order chi connectivity index (χ0) is 10.5. The number of hydrogen-bond acceptors (Lipinski definition) is 3. The Hall–Kier alpha value is -0.410. The largest absolute Gasteiger partial charge is 0.297 e. The smallest absolute Gasteiger partial charge is 0.160 e. The summed E-state index contributed by atoms with van der Waals surface area (Å²) in [6.07, 6.45) is 1.76. The van der Waals surface area contributed by atoms with Crippen molar-refractivity contribution in [3.8, 4) is 0 Å². The van der Waals surface area contributed by atoms with Gasteiger partial charge in [-0.3, -0.25) is 9.63 Å². The quantitative estimate of drug-likeness (QED) is 0.647. The van der Waals surface area contributed by atoms with Crippen LogP contribution in [0.4, 0.5) is 0 Å². The summed E-state index contributed by atoms with van der Waals surface area (Å²) < 4.78 is 0. The van der Waals surface area contributed by atoms with E-state index in [1.54, 1.807) is 6.92 Å². The van der Waals surface area contributed by atoms with Crippen LogP contribution in [0.25, 0.3) is 0 Å². The minimum atomic E-state index is -0.365. The number of carbonyl (C=O) groups is 1. The highest BCUT2D eigenvalue weighted by Crippen LogP contribution is 2.10. The molecule has 1 unspecified atom stereocenters. The second kappa shape index (κ2) is 5.35. The molecule has 0 heterocycles. The second-order valence-electron chi connectivity index (χ2n) is 4.11.